The second-order valence-electron chi connectivity index (χ2n) is 8.12. The maximum Gasteiger partial charge on any atom is 0.469 e. The third-order valence-electron chi connectivity index (χ3n) is 5.17. The molecule has 0 heterocycles. The van der Waals surface area contributed by atoms with Crippen LogP contribution >= 0.6 is 7.82 Å². The van der Waals surface area contributed by atoms with Crippen LogP contribution in [0.3, 0.4) is 0 Å². The second kappa shape index (κ2) is 21.8. The Hall–Kier alpha value is -0.460. The molecule has 0 aliphatic carbocycles. The predicted octanol–water partition coefficient (Wildman–Crippen LogP) is 5.06. The van der Waals surface area contributed by atoms with Gasteiger partial charge >= 0.3 is 7.82 Å². The highest BCUT2D eigenvalue weighted by Gasteiger charge is 2.12. The van der Waals surface area contributed by atoms with Crippen LogP contribution in [0, 0.1) is 0 Å². The molecule has 0 aromatic heterocycles. The Balaban J connectivity index is 3.18. The molecule has 0 fully saturated rings. The molecular weight excluding hydrogens is 403 g/mol. The van der Waals surface area contributed by atoms with Gasteiger partial charge in [-0.2, -0.15) is 0 Å². The van der Waals surface area contributed by atoms with Gasteiger partial charge in [-0.05, 0) is 6.42 Å². The van der Waals surface area contributed by atoms with E-state index in [4.69, 9.17) is 9.79 Å². The zero-order valence-corrected chi connectivity index (χ0v) is 20.1. The first-order valence-corrected chi connectivity index (χ1v) is 13.7. The molecule has 0 saturated heterocycles. The first kappa shape index (κ1) is 29.5. The summed E-state index contributed by atoms with van der Waals surface area (Å²) in [5, 5.41) is 5.80. The van der Waals surface area contributed by atoms with E-state index in [0.717, 1.165) is 12.8 Å². The fourth-order valence-electron chi connectivity index (χ4n) is 3.40. The van der Waals surface area contributed by atoms with Crippen LogP contribution < -0.4 is 10.6 Å². The Morgan fingerprint density at radius 3 is 1.67 bits per heavy atom. The summed E-state index contributed by atoms with van der Waals surface area (Å²) in [6.07, 6.45) is 20.3. The van der Waals surface area contributed by atoms with Crippen LogP contribution in [-0.4, -0.2) is 41.9 Å². The van der Waals surface area contributed by atoms with E-state index < -0.39 is 7.82 Å². The van der Waals surface area contributed by atoms with E-state index in [1.165, 1.54) is 83.5 Å². The van der Waals surface area contributed by atoms with Gasteiger partial charge in [0.2, 0.25) is 5.91 Å². The first-order chi connectivity index (χ1) is 14.5. The standard InChI is InChI=1S/C22H47N2O5P/c1-2-3-4-5-6-7-8-9-10-11-12-13-14-15-16-17-22(25)24-19-18-23-20-21-29-30(26,27)28/h23H,2-21H2,1H3,(H,24,25)(H2,26,27,28). The summed E-state index contributed by atoms with van der Waals surface area (Å²) >= 11 is 0. The van der Waals surface area contributed by atoms with Crippen molar-refractivity contribution < 1.29 is 23.7 Å². The molecule has 0 aliphatic rings. The quantitative estimate of drug-likeness (QED) is 0.128. The second-order valence-corrected chi connectivity index (χ2v) is 9.36. The van der Waals surface area contributed by atoms with Crippen LogP contribution in [0.5, 0.6) is 0 Å². The van der Waals surface area contributed by atoms with E-state index in [2.05, 4.69) is 22.1 Å². The fourth-order valence-corrected chi connectivity index (χ4v) is 3.73. The summed E-state index contributed by atoms with van der Waals surface area (Å²) in [5.74, 6) is 0.0676. The molecule has 30 heavy (non-hydrogen) atoms. The Kier molecular flexibility index (Phi) is 21.4. The Morgan fingerprint density at radius 1 is 0.733 bits per heavy atom. The average molecular weight is 451 g/mol. The van der Waals surface area contributed by atoms with Gasteiger partial charge in [0, 0.05) is 26.1 Å². The minimum absolute atomic E-state index is 0.0582. The van der Waals surface area contributed by atoms with E-state index in [-0.39, 0.29) is 12.5 Å². The summed E-state index contributed by atoms with van der Waals surface area (Å²) in [7, 11) is -4.38. The lowest BCUT2D eigenvalue weighted by Crippen LogP contribution is -2.32. The van der Waals surface area contributed by atoms with Crippen LogP contribution in [0.4, 0.5) is 0 Å². The Labute approximate surface area is 184 Å². The van der Waals surface area contributed by atoms with Gasteiger partial charge in [0.25, 0.3) is 0 Å². The molecule has 0 atom stereocenters. The molecule has 180 valence electrons. The number of carbonyl (C=O) groups is 1. The number of unbranched alkanes of at least 4 members (excludes halogenated alkanes) is 14. The van der Waals surface area contributed by atoms with Crippen LogP contribution in [0.25, 0.3) is 0 Å². The van der Waals surface area contributed by atoms with E-state index in [0.29, 0.717) is 26.1 Å². The largest absolute Gasteiger partial charge is 0.469 e. The van der Waals surface area contributed by atoms with Crippen molar-refractivity contribution in [1.29, 1.82) is 0 Å². The average Bonchev–Trinajstić information content (AvgIpc) is 2.69. The molecular formula is C22H47N2O5P. The number of carbonyl (C=O) groups excluding carboxylic acids is 1. The molecule has 0 unspecified atom stereocenters. The van der Waals surface area contributed by atoms with Gasteiger partial charge in [0.1, 0.15) is 0 Å². The van der Waals surface area contributed by atoms with Crippen LogP contribution in [-0.2, 0) is 13.9 Å². The van der Waals surface area contributed by atoms with Crippen molar-refractivity contribution in [1.82, 2.24) is 10.6 Å². The summed E-state index contributed by atoms with van der Waals surface area (Å²) in [5.41, 5.74) is 0. The van der Waals surface area contributed by atoms with Gasteiger partial charge in [-0.3, -0.25) is 9.32 Å². The zero-order chi connectivity index (χ0) is 22.3. The summed E-state index contributed by atoms with van der Waals surface area (Å²) in [4.78, 5) is 28.8. The summed E-state index contributed by atoms with van der Waals surface area (Å²) in [6.45, 7) is 3.60. The number of hydrogen-bond donors (Lipinski definition) is 4. The summed E-state index contributed by atoms with van der Waals surface area (Å²) < 4.78 is 14.8. The van der Waals surface area contributed by atoms with E-state index in [9.17, 15) is 9.36 Å². The zero-order valence-electron chi connectivity index (χ0n) is 19.2. The van der Waals surface area contributed by atoms with Crippen LogP contribution in [0.1, 0.15) is 110 Å². The SMILES string of the molecule is CCCCCCCCCCCCCCCCCC(=O)NCCNCCOP(=O)(O)O. The van der Waals surface area contributed by atoms with Crippen LogP contribution in [0.2, 0.25) is 0 Å². The van der Waals surface area contributed by atoms with E-state index >= 15 is 0 Å². The molecule has 8 heteroatoms. The lowest BCUT2D eigenvalue weighted by atomic mass is 10.0. The van der Waals surface area contributed by atoms with Crippen molar-refractivity contribution in [2.45, 2.75) is 110 Å². The highest BCUT2D eigenvalue weighted by molar-refractivity contribution is 7.46. The van der Waals surface area contributed by atoms with Gasteiger partial charge in [0.05, 0.1) is 6.61 Å². The van der Waals surface area contributed by atoms with E-state index in [1.54, 1.807) is 0 Å². The maximum atomic E-state index is 11.7. The Bertz CT molecular complexity index is 432. The third kappa shape index (κ3) is 25.6. The van der Waals surface area contributed by atoms with Gasteiger partial charge < -0.3 is 20.4 Å². The Morgan fingerprint density at radius 2 is 1.20 bits per heavy atom. The highest BCUT2D eigenvalue weighted by Crippen LogP contribution is 2.35. The number of nitrogens with one attached hydrogen (secondary N) is 2. The van der Waals surface area contributed by atoms with Gasteiger partial charge in [-0.25, -0.2) is 4.57 Å². The molecule has 1 amide bonds. The minimum atomic E-state index is -4.38. The van der Waals surface area contributed by atoms with E-state index in [1.807, 2.05) is 0 Å². The minimum Gasteiger partial charge on any atom is -0.355 e. The maximum absolute atomic E-state index is 11.7. The van der Waals surface area contributed by atoms with Gasteiger partial charge in [0.15, 0.2) is 0 Å². The molecule has 0 spiro atoms. The lowest BCUT2D eigenvalue weighted by Gasteiger charge is -2.08. The van der Waals surface area contributed by atoms with Crippen molar-refractivity contribution in [3.8, 4) is 0 Å². The fraction of sp³-hybridized carbons (Fsp3) is 0.955. The molecule has 0 aromatic rings. The molecule has 0 saturated carbocycles. The first-order valence-electron chi connectivity index (χ1n) is 12.1. The number of amides is 1. The van der Waals surface area contributed by atoms with Crippen molar-refractivity contribution in [3.63, 3.8) is 0 Å². The normalized spacial score (nSPS) is 11.7. The van der Waals surface area contributed by atoms with Crippen LogP contribution in [0.15, 0.2) is 0 Å². The topological polar surface area (TPSA) is 108 Å². The third-order valence-corrected chi connectivity index (χ3v) is 5.69. The highest BCUT2D eigenvalue weighted by atomic mass is 31.2. The van der Waals surface area contributed by atoms with Crippen molar-refractivity contribution in [2.24, 2.45) is 0 Å². The smallest absolute Gasteiger partial charge is 0.355 e. The molecule has 0 aromatic carbocycles. The molecule has 0 aliphatic heterocycles. The number of phosphoric acid groups is 1. The molecule has 0 rings (SSSR count). The van der Waals surface area contributed by atoms with Crippen molar-refractivity contribution in [2.75, 3.05) is 26.2 Å². The monoisotopic (exact) mass is 450 g/mol. The molecule has 0 radical (unpaired) electrons. The van der Waals surface area contributed by atoms with Gasteiger partial charge in [-0.1, -0.05) is 96.8 Å². The van der Waals surface area contributed by atoms with Gasteiger partial charge in [-0.15, -0.1) is 0 Å². The number of phosphoric ester groups is 1. The predicted molar refractivity (Wildman–Crippen MR) is 123 cm³/mol. The summed E-state index contributed by atoms with van der Waals surface area (Å²) in [6, 6.07) is 0. The number of rotatable bonds is 23. The molecule has 0 bridgehead atoms. The lowest BCUT2D eigenvalue weighted by molar-refractivity contribution is -0.121. The molecule has 4 N–H and O–H groups in total. The molecule has 7 nitrogen and oxygen atoms in total. The van der Waals surface area contributed by atoms with Crippen molar-refractivity contribution in [3.05, 3.63) is 0 Å². The number of hydrogen-bond acceptors (Lipinski definition) is 4. The van der Waals surface area contributed by atoms with Crippen molar-refractivity contribution >= 4 is 13.7 Å².